The Morgan fingerprint density at radius 2 is 1.43 bits per heavy atom. The number of aliphatic carboxylic acids is 1. The first-order valence-corrected chi connectivity index (χ1v) is 12.4. The lowest BCUT2D eigenvalue weighted by Crippen LogP contribution is -2.50. The summed E-state index contributed by atoms with van der Waals surface area (Å²) < 4.78 is 0. The molecule has 206 valence electrons. The fourth-order valence-corrected chi connectivity index (χ4v) is 2.96. The van der Waals surface area contributed by atoms with Crippen LogP contribution in [0.4, 0.5) is 0 Å². The van der Waals surface area contributed by atoms with Gasteiger partial charge in [0.1, 0.15) is 5.60 Å². The largest absolute Gasteiger partial charge is 0.478 e. The third-order valence-electron chi connectivity index (χ3n) is 5.57. The molecule has 0 saturated heterocycles. The molecule has 0 aromatic heterocycles. The van der Waals surface area contributed by atoms with Crippen molar-refractivity contribution in [2.75, 3.05) is 0 Å². The molecule has 7 nitrogen and oxygen atoms in total. The van der Waals surface area contributed by atoms with E-state index in [1.807, 2.05) is 38.2 Å². The fraction of sp³-hybridized carbons (Fsp3) is 0.433. The van der Waals surface area contributed by atoms with Crippen molar-refractivity contribution in [1.29, 1.82) is 0 Å². The summed E-state index contributed by atoms with van der Waals surface area (Å²) in [7, 11) is 0. The van der Waals surface area contributed by atoms with E-state index < -0.39 is 36.0 Å². The minimum absolute atomic E-state index is 0.102. The van der Waals surface area contributed by atoms with Crippen LogP contribution in [0.5, 0.6) is 0 Å². The van der Waals surface area contributed by atoms with Gasteiger partial charge in [0.15, 0.2) is 0 Å². The van der Waals surface area contributed by atoms with Gasteiger partial charge >= 0.3 is 5.97 Å². The minimum atomic E-state index is -1.81. The van der Waals surface area contributed by atoms with Gasteiger partial charge in [-0.15, -0.1) is 0 Å². The van der Waals surface area contributed by atoms with E-state index in [4.69, 9.17) is 5.11 Å². The monoisotopic (exact) mass is 516 g/mol. The second kappa shape index (κ2) is 19.3. The van der Waals surface area contributed by atoms with Crippen molar-refractivity contribution in [1.82, 2.24) is 0 Å². The summed E-state index contributed by atoms with van der Waals surface area (Å²) in [5.74, 6) is -1.06. The lowest BCUT2D eigenvalue weighted by atomic mass is 9.86. The molecule has 0 aliphatic rings. The van der Waals surface area contributed by atoms with Gasteiger partial charge in [0, 0.05) is 12.5 Å². The van der Waals surface area contributed by atoms with Crippen molar-refractivity contribution in [3.63, 3.8) is 0 Å². The highest BCUT2D eigenvalue weighted by atomic mass is 16.4. The van der Waals surface area contributed by atoms with E-state index in [0.717, 1.165) is 18.1 Å². The van der Waals surface area contributed by atoms with Gasteiger partial charge in [-0.05, 0) is 45.6 Å². The van der Waals surface area contributed by atoms with Gasteiger partial charge in [0.25, 0.3) is 0 Å². The van der Waals surface area contributed by atoms with Gasteiger partial charge in [0.05, 0.1) is 24.4 Å². The fourth-order valence-electron chi connectivity index (χ4n) is 2.96. The summed E-state index contributed by atoms with van der Waals surface area (Å²) in [4.78, 5) is 10.4. The highest BCUT2D eigenvalue weighted by Gasteiger charge is 2.38. The Morgan fingerprint density at radius 1 is 0.811 bits per heavy atom. The van der Waals surface area contributed by atoms with Crippen LogP contribution in [0.1, 0.15) is 53.4 Å². The van der Waals surface area contributed by atoms with Gasteiger partial charge in [0.2, 0.25) is 0 Å². The van der Waals surface area contributed by atoms with Crippen molar-refractivity contribution in [3.8, 4) is 0 Å². The molecular formula is C30H44O7. The third kappa shape index (κ3) is 16.5. The predicted octanol–water partition coefficient (Wildman–Crippen LogP) is 4.08. The zero-order valence-corrected chi connectivity index (χ0v) is 22.3. The molecule has 0 spiro atoms. The number of hydrogen-bond donors (Lipinski definition) is 6. The molecule has 0 bridgehead atoms. The van der Waals surface area contributed by atoms with Crippen LogP contribution in [0, 0.1) is 0 Å². The van der Waals surface area contributed by atoms with E-state index >= 15 is 0 Å². The van der Waals surface area contributed by atoms with E-state index in [2.05, 4.69) is 0 Å². The molecule has 5 atom stereocenters. The lowest BCUT2D eigenvalue weighted by molar-refractivity contribution is -0.140. The molecule has 0 saturated carbocycles. The summed E-state index contributed by atoms with van der Waals surface area (Å²) in [6.45, 7) is 6.96. The Labute approximate surface area is 221 Å². The number of aliphatic hydroxyl groups excluding tert-OH is 4. The number of aliphatic hydroxyl groups is 5. The zero-order chi connectivity index (χ0) is 28.3. The van der Waals surface area contributed by atoms with Crippen LogP contribution in [0.25, 0.3) is 0 Å². The molecular weight excluding hydrogens is 472 g/mol. The highest BCUT2D eigenvalue weighted by Crippen LogP contribution is 2.23. The molecule has 0 heterocycles. The van der Waals surface area contributed by atoms with Gasteiger partial charge in [-0.1, -0.05) is 91.5 Å². The first-order valence-electron chi connectivity index (χ1n) is 12.4. The van der Waals surface area contributed by atoms with Crippen LogP contribution in [0.15, 0.2) is 96.2 Å². The molecule has 0 radical (unpaired) electrons. The van der Waals surface area contributed by atoms with Crippen LogP contribution in [-0.4, -0.2) is 66.6 Å². The molecule has 7 heteroatoms. The van der Waals surface area contributed by atoms with E-state index in [1.165, 1.54) is 13.0 Å². The van der Waals surface area contributed by atoms with Crippen molar-refractivity contribution >= 4 is 5.97 Å². The molecule has 0 rings (SSSR count). The van der Waals surface area contributed by atoms with Gasteiger partial charge in [-0.25, -0.2) is 4.79 Å². The van der Waals surface area contributed by atoms with Crippen LogP contribution in [0.3, 0.4) is 0 Å². The predicted molar refractivity (Wildman–Crippen MR) is 149 cm³/mol. The van der Waals surface area contributed by atoms with Gasteiger partial charge in [-0.3, -0.25) is 0 Å². The van der Waals surface area contributed by atoms with E-state index in [1.54, 1.807) is 55.5 Å². The standard InChI is InChI=1S/C30H44O7/c1-5-6-7-8-12-16-24(3)26(32)22-28(34)30(4,37)27(33)18-13-10-9-11-15-23(2)20-21-25(31)17-14-19-29(35)36/h6-16,19-21,25-28,31-34,37H,5,17-18,22H2,1-4H3,(H,35,36). The second-order valence-electron chi connectivity index (χ2n) is 9.00. The Morgan fingerprint density at radius 3 is 2.05 bits per heavy atom. The molecule has 0 aromatic rings. The van der Waals surface area contributed by atoms with Crippen LogP contribution in [0.2, 0.25) is 0 Å². The summed E-state index contributed by atoms with van der Waals surface area (Å²) in [6.07, 6.45) is 20.5. The topological polar surface area (TPSA) is 138 Å². The normalized spacial score (nSPS) is 19.1. The number of carboxylic acids is 1. The highest BCUT2D eigenvalue weighted by molar-refractivity contribution is 5.79. The molecule has 0 aliphatic heterocycles. The lowest BCUT2D eigenvalue weighted by Gasteiger charge is -2.34. The Balaban J connectivity index is 4.72. The quantitative estimate of drug-likeness (QED) is 0.127. The number of rotatable bonds is 17. The molecule has 37 heavy (non-hydrogen) atoms. The van der Waals surface area contributed by atoms with E-state index in [-0.39, 0.29) is 19.3 Å². The Hall–Kier alpha value is -2.81. The number of carboxylic acid groups (broad SMARTS) is 1. The first-order chi connectivity index (χ1) is 17.4. The van der Waals surface area contributed by atoms with Crippen LogP contribution < -0.4 is 0 Å². The smallest absolute Gasteiger partial charge is 0.327 e. The summed E-state index contributed by atoms with van der Waals surface area (Å²) in [6, 6.07) is 0. The molecule has 0 fully saturated rings. The maximum atomic E-state index is 10.6. The number of carbonyl (C=O) groups is 1. The molecule has 0 amide bonds. The third-order valence-corrected chi connectivity index (χ3v) is 5.57. The zero-order valence-electron chi connectivity index (χ0n) is 22.3. The van der Waals surface area contributed by atoms with Crippen LogP contribution in [-0.2, 0) is 4.79 Å². The van der Waals surface area contributed by atoms with Gasteiger partial charge in [-0.2, -0.15) is 0 Å². The average Bonchev–Trinajstić information content (AvgIpc) is 2.83. The number of allylic oxidation sites excluding steroid dienone is 11. The average molecular weight is 517 g/mol. The van der Waals surface area contributed by atoms with Crippen molar-refractivity contribution in [2.45, 2.75) is 83.4 Å². The first kappa shape index (κ1) is 34.2. The molecule has 0 aromatic carbocycles. The van der Waals surface area contributed by atoms with E-state index in [9.17, 15) is 30.3 Å². The van der Waals surface area contributed by atoms with Crippen molar-refractivity contribution in [2.24, 2.45) is 0 Å². The SMILES string of the molecule is CCC=CC=CC=C(C)C(O)CC(O)C(C)(O)C(O)CC=CC=CC=C(C)C=CC(O)CC=CC(=O)O. The van der Waals surface area contributed by atoms with Gasteiger partial charge < -0.3 is 30.6 Å². The van der Waals surface area contributed by atoms with Crippen molar-refractivity contribution in [3.05, 3.63) is 96.2 Å². The molecule has 5 unspecified atom stereocenters. The summed E-state index contributed by atoms with van der Waals surface area (Å²) in [5, 5.41) is 60.1. The second-order valence-corrected chi connectivity index (χ2v) is 9.00. The Bertz CT molecular complexity index is 901. The van der Waals surface area contributed by atoms with Crippen LogP contribution >= 0.6 is 0 Å². The van der Waals surface area contributed by atoms with Crippen molar-refractivity contribution < 1.29 is 35.4 Å². The Kier molecular flexibility index (Phi) is 17.9. The number of hydrogen-bond acceptors (Lipinski definition) is 6. The molecule has 6 N–H and O–H groups in total. The summed E-state index contributed by atoms with van der Waals surface area (Å²) in [5.41, 5.74) is -0.303. The maximum Gasteiger partial charge on any atom is 0.327 e. The minimum Gasteiger partial charge on any atom is -0.478 e. The maximum absolute atomic E-state index is 10.6. The summed E-state index contributed by atoms with van der Waals surface area (Å²) >= 11 is 0. The van der Waals surface area contributed by atoms with E-state index in [0.29, 0.717) is 5.57 Å². The molecule has 0 aliphatic carbocycles.